The molecule has 0 heterocycles. The predicted octanol–water partition coefficient (Wildman–Crippen LogP) is 4.19. The number of thioether (sulfide) groups is 1. The van der Waals surface area contributed by atoms with Crippen molar-refractivity contribution in [2.75, 3.05) is 5.73 Å². The summed E-state index contributed by atoms with van der Waals surface area (Å²) in [4.78, 5) is 0.946. The summed E-state index contributed by atoms with van der Waals surface area (Å²) < 4.78 is 13.0. The normalized spacial score (nSPS) is 13.5. The third-order valence-corrected chi connectivity index (χ3v) is 4.69. The van der Waals surface area contributed by atoms with Crippen molar-refractivity contribution in [3.63, 3.8) is 0 Å². The number of hydrogen-bond acceptors (Lipinski definition) is 2. The summed E-state index contributed by atoms with van der Waals surface area (Å²) in [5.41, 5.74) is 10.6. The molecule has 0 spiro atoms. The van der Waals surface area contributed by atoms with Crippen molar-refractivity contribution in [1.29, 1.82) is 0 Å². The number of halogens is 1. The lowest BCUT2D eigenvalue weighted by Gasteiger charge is -2.07. The summed E-state index contributed by atoms with van der Waals surface area (Å²) in [5, 5.41) is 0. The van der Waals surface area contributed by atoms with Crippen molar-refractivity contribution < 1.29 is 4.39 Å². The standard InChI is InChI=1S/C16H16FNS/c17-14-6-7-16(15(18)9-14)19-10-11-4-5-12-2-1-3-13(12)8-11/h4-9H,1-3,10,18H2. The van der Waals surface area contributed by atoms with E-state index in [0.717, 1.165) is 10.6 Å². The highest BCUT2D eigenvalue weighted by Crippen LogP contribution is 2.30. The molecule has 2 N–H and O–H groups in total. The molecule has 2 aromatic rings. The van der Waals surface area contributed by atoms with Crippen LogP contribution in [0.15, 0.2) is 41.3 Å². The first-order valence-corrected chi connectivity index (χ1v) is 7.49. The van der Waals surface area contributed by atoms with Crippen molar-refractivity contribution in [2.45, 2.75) is 29.9 Å². The van der Waals surface area contributed by atoms with Crippen LogP contribution in [0.2, 0.25) is 0 Å². The van der Waals surface area contributed by atoms with Crippen LogP contribution in [-0.4, -0.2) is 0 Å². The molecule has 1 aliphatic rings. The molecule has 1 nitrogen and oxygen atoms in total. The van der Waals surface area contributed by atoms with Gasteiger partial charge in [0.1, 0.15) is 5.82 Å². The molecule has 0 aromatic heterocycles. The molecule has 0 fully saturated rings. The summed E-state index contributed by atoms with van der Waals surface area (Å²) in [6, 6.07) is 11.3. The second-order valence-corrected chi connectivity index (χ2v) is 5.94. The van der Waals surface area contributed by atoms with E-state index in [1.165, 1.54) is 48.1 Å². The van der Waals surface area contributed by atoms with Crippen molar-refractivity contribution >= 4 is 17.4 Å². The molecule has 0 bridgehead atoms. The Hall–Kier alpha value is -1.48. The molecule has 0 unspecified atom stereocenters. The zero-order valence-electron chi connectivity index (χ0n) is 10.7. The van der Waals surface area contributed by atoms with Gasteiger partial charge in [-0.05, 0) is 54.2 Å². The molecule has 3 rings (SSSR count). The van der Waals surface area contributed by atoms with E-state index in [0.29, 0.717) is 5.69 Å². The average Bonchev–Trinajstić information content (AvgIpc) is 2.85. The highest BCUT2D eigenvalue weighted by molar-refractivity contribution is 7.98. The Morgan fingerprint density at radius 2 is 1.89 bits per heavy atom. The average molecular weight is 273 g/mol. The van der Waals surface area contributed by atoms with Crippen LogP contribution in [0.1, 0.15) is 23.1 Å². The topological polar surface area (TPSA) is 26.0 Å². The Kier molecular flexibility index (Phi) is 3.47. The summed E-state index contributed by atoms with van der Waals surface area (Å²) >= 11 is 1.66. The molecule has 0 saturated carbocycles. The number of benzene rings is 2. The first-order valence-electron chi connectivity index (χ1n) is 6.51. The Morgan fingerprint density at radius 1 is 1.05 bits per heavy atom. The fourth-order valence-electron chi connectivity index (χ4n) is 2.53. The van der Waals surface area contributed by atoms with Crippen LogP contribution in [0.25, 0.3) is 0 Å². The molecule has 0 radical (unpaired) electrons. The smallest absolute Gasteiger partial charge is 0.125 e. The minimum Gasteiger partial charge on any atom is -0.398 e. The molecule has 0 saturated heterocycles. The molecule has 19 heavy (non-hydrogen) atoms. The maximum atomic E-state index is 13.0. The lowest BCUT2D eigenvalue weighted by molar-refractivity contribution is 0.627. The maximum absolute atomic E-state index is 13.0. The number of aryl methyl sites for hydroxylation is 2. The molecule has 2 aromatic carbocycles. The fraction of sp³-hybridized carbons (Fsp3) is 0.250. The van der Waals surface area contributed by atoms with E-state index in [4.69, 9.17) is 5.73 Å². The predicted molar refractivity (Wildman–Crippen MR) is 78.8 cm³/mol. The van der Waals surface area contributed by atoms with E-state index in [1.54, 1.807) is 17.8 Å². The lowest BCUT2D eigenvalue weighted by Crippen LogP contribution is -1.91. The van der Waals surface area contributed by atoms with Gasteiger partial charge < -0.3 is 5.73 Å². The number of nitrogens with two attached hydrogens (primary N) is 1. The van der Waals surface area contributed by atoms with E-state index in [2.05, 4.69) is 18.2 Å². The van der Waals surface area contributed by atoms with Gasteiger partial charge in [-0.25, -0.2) is 4.39 Å². The summed E-state index contributed by atoms with van der Waals surface area (Å²) in [7, 11) is 0. The van der Waals surface area contributed by atoms with Crippen molar-refractivity contribution in [2.24, 2.45) is 0 Å². The zero-order valence-corrected chi connectivity index (χ0v) is 11.5. The largest absolute Gasteiger partial charge is 0.398 e. The summed E-state index contributed by atoms with van der Waals surface area (Å²) in [6.45, 7) is 0. The van der Waals surface area contributed by atoms with Crippen LogP contribution in [0.5, 0.6) is 0 Å². The van der Waals surface area contributed by atoms with Crippen LogP contribution in [0, 0.1) is 5.82 Å². The Balaban J connectivity index is 1.72. The van der Waals surface area contributed by atoms with Gasteiger partial charge in [0.2, 0.25) is 0 Å². The third-order valence-electron chi connectivity index (χ3n) is 3.53. The fourth-order valence-corrected chi connectivity index (χ4v) is 3.42. The van der Waals surface area contributed by atoms with Crippen LogP contribution in [0.3, 0.4) is 0 Å². The Labute approximate surface area is 117 Å². The minimum absolute atomic E-state index is 0.278. The van der Waals surface area contributed by atoms with E-state index in [1.807, 2.05) is 0 Å². The second kappa shape index (κ2) is 5.25. The number of anilines is 1. The SMILES string of the molecule is Nc1cc(F)ccc1SCc1ccc2c(c1)CCC2. The van der Waals surface area contributed by atoms with Crippen LogP contribution < -0.4 is 5.73 Å². The summed E-state index contributed by atoms with van der Waals surface area (Å²) in [6.07, 6.45) is 3.69. The van der Waals surface area contributed by atoms with Gasteiger partial charge >= 0.3 is 0 Å². The van der Waals surface area contributed by atoms with E-state index >= 15 is 0 Å². The van der Waals surface area contributed by atoms with E-state index in [-0.39, 0.29) is 5.82 Å². The molecule has 0 atom stereocenters. The van der Waals surface area contributed by atoms with E-state index in [9.17, 15) is 4.39 Å². The second-order valence-electron chi connectivity index (χ2n) is 4.93. The van der Waals surface area contributed by atoms with Gasteiger partial charge in [0.05, 0.1) is 0 Å². The minimum atomic E-state index is -0.278. The molecule has 3 heteroatoms. The van der Waals surface area contributed by atoms with Crippen molar-refractivity contribution in [3.05, 3.63) is 58.9 Å². The first-order chi connectivity index (χ1) is 9.22. The number of nitrogen functional groups attached to an aromatic ring is 1. The lowest BCUT2D eigenvalue weighted by atomic mass is 10.1. The van der Waals surface area contributed by atoms with Crippen LogP contribution in [-0.2, 0) is 18.6 Å². The highest BCUT2D eigenvalue weighted by atomic mass is 32.2. The number of hydrogen-bond donors (Lipinski definition) is 1. The van der Waals surface area contributed by atoms with Gasteiger partial charge in [-0.2, -0.15) is 0 Å². The first kappa shape index (κ1) is 12.5. The Bertz CT molecular complexity index is 610. The zero-order chi connectivity index (χ0) is 13.2. The molecule has 0 amide bonds. The molecule has 98 valence electrons. The quantitative estimate of drug-likeness (QED) is 0.670. The molecular weight excluding hydrogens is 257 g/mol. The monoisotopic (exact) mass is 273 g/mol. The molecular formula is C16H16FNS. The van der Waals surface area contributed by atoms with Crippen LogP contribution >= 0.6 is 11.8 Å². The summed E-state index contributed by atoms with van der Waals surface area (Å²) in [5.74, 6) is 0.600. The van der Waals surface area contributed by atoms with Crippen molar-refractivity contribution in [1.82, 2.24) is 0 Å². The maximum Gasteiger partial charge on any atom is 0.125 e. The van der Waals surface area contributed by atoms with Gasteiger partial charge in [0.15, 0.2) is 0 Å². The van der Waals surface area contributed by atoms with Gasteiger partial charge in [0.25, 0.3) is 0 Å². The molecule has 0 aliphatic heterocycles. The number of rotatable bonds is 3. The highest BCUT2D eigenvalue weighted by Gasteiger charge is 2.11. The van der Waals surface area contributed by atoms with Gasteiger partial charge in [-0.1, -0.05) is 18.2 Å². The Morgan fingerprint density at radius 3 is 2.74 bits per heavy atom. The van der Waals surface area contributed by atoms with Gasteiger partial charge in [0, 0.05) is 16.3 Å². The third kappa shape index (κ3) is 2.76. The number of fused-ring (bicyclic) bond motifs is 1. The van der Waals surface area contributed by atoms with E-state index < -0.39 is 0 Å². The van der Waals surface area contributed by atoms with Gasteiger partial charge in [-0.15, -0.1) is 11.8 Å². The van der Waals surface area contributed by atoms with Crippen LogP contribution in [0.4, 0.5) is 10.1 Å². The van der Waals surface area contributed by atoms with Crippen molar-refractivity contribution in [3.8, 4) is 0 Å². The molecule has 1 aliphatic carbocycles. The van der Waals surface area contributed by atoms with Gasteiger partial charge in [-0.3, -0.25) is 0 Å².